The van der Waals surface area contributed by atoms with Gasteiger partial charge in [0, 0.05) is 12.7 Å². The number of nitrogens with one attached hydrogen (secondary N) is 1. The number of amides is 1. The topological polar surface area (TPSA) is 110 Å². The lowest BCUT2D eigenvalue weighted by Crippen LogP contribution is -2.26. The van der Waals surface area contributed by atoms with Crippen molar-refractivity contribution >= 4 is 11.9 Å². The lowest BCUT2D eigenvalue weighted by atomic mass is 10.2. The summed E-state index contributed by atoms with van der Waals surface area (Å²) in [6.07, 6.45) is 5.96. The van der Waals surface area contributed by atoms with E-state index in [1.165, 1.54) is 17.1 Å². The minimum atomic E-state index is -0.963. The van der Waals surface area contributed by atoms with Crippen LogP contribution in [0.25, 0.3) is 5.69 Å². The van der Waals surface area contributed by atoms with Crippen molar-refractivity contribution in [3.8, 4) is 5.69 Å². The molecule has 2 heterocycles. The van der Waals surface area contributed by atoms with Crippen LogP contribution < -0.4 is 5.32 Å². The van der Waals surface area contributed by atoms with Crippen LogP contribution in [0.3, 0.4) is 0 Å². The van der Waals surface area contributed by atoms with Crippen molar-refractivity contribution in [2.24, 2.45) is 0 Å². The number of pyridine rings is 1. The molecule has 1 amide bonds. The van der Waals surface area contributed by atoms with E-state index in [9.17, 15) is 9.59 Å². The first kappa shape index (κ1) is 12.7. The molecule has 2 aromatic heterocycles. The molecular formula is C11H11N5O3. The van der Waals surface area contributed by atoms with Gasteiger partial charge in [-0.2, -0.15) is 0 Å². The van der Waals surface area contributed by atoms with Crippen molar-refractivity contribution in [1.29, 1.82) is 0 Å². The Morgan fingerprint density at radius 1 is 1.37 bits per heavy atom. The van der Waals surface area contributed by atoms with Gasteiger partial charge in [-0.25, -0.2) is 4.68 Å². The zero-order valence-electron chi connectivity index (χ0n) is 9.85. The summed E-state index contributed by atoms with van der Waals surface area (Å²) in [6, 6.07) is 1.60. The third-order valence-electron chi connectivity index (χ3n) is 2.30. The van der Waals surface area contributed by atoms with Gasteiger partial charge >= 0.3 is 5.97 Å². The molecule has 0 unspecified atom stereocenters. The Morgan fingerprint density at radius 3 is 2.89 bits per heavy atom. The molecule has 8 heteroatoms. The minimum absolute atomic E-state index is 0.0712. The Kier molecular flexibility index (Phi) is 3.81. The molecule has 0 fully saturated rings. The van der Waals surface area contributed by atoms with Gasteiger partial charge in [-0.3, -0.25) is 14.6 Å². The van der Waals surface area contributed by atoms with Crippen LogP contribution in [0.15, 0.2) is 30.9 Å². The summed E-state index contributed by atoms with van der Waals surface area (Å²) in [7, 11) is 0. The van der Waals surface area contributed by atoms with Gasteiger partial charge in [-0.15, -0.1) is 5.10 Å². The van der Waals surface area contributed by atoms with Crippen LogP contribution >= 0.6 is 0 Å². The van der Waals surface area contributed by atoms with Gasteiger partial charge in [0.25, 0.3) is 5.91 Å². The second-order valence-corrected chi connectivity index (χ2v) is 3.68. The Labute approximate surface area is 108 Å². The highest BCUT2D eigenvalue weighted by Gasteiger charge is 2.08. The van der Waals surface area contributed by atoms with E-state index in [0.29, 0.717) is 11.3 Å². The predicted molar refractivity (Wildman–Crippen MR) is 63.7 cm³/mol. The zero-order valence-corrected chi connectivity index (χ0v) is 9.85. The fourth-order valence-corrected chi connectivity index (χ4v) is 1.41. The van der Waals surface area contributed by atoms with Crippen molar-refractivity contribution in [2.45, 2.75) is 6.42 Å². The first-order chi connectivity index (χ1) is 9.16. The minimum Gasteiger partial charge on any atom is -0.481 e. The summed E-state index contributed by atoms with van der Waals surface area (Å²) >= 11 is 0. The molecule has 0 radical (unpaired) electrons. The predicted octanol–water partition coefficient (Wildman–Crippen LogP) is -0.133. The molecule has 8 nitrogen and oxygen atoms in total. The lowest BCUT2D eigenvalue weighted by Gasteiger charge is -2.05. The average Bonchev–Trinajstić information content (AvgIpc) is 2.92. The number of carbonyl (C=O) groups is 2. The lowest BCUT2D eigenvalue weighted by molar-refractivity contribution is -0.136. The first-order valence-corrected chi connectivity index (χ1v) is 5.48. The van der Waals surface area contributed by atoms with E-state index in [2.05, 4.69) is 20.6 Å². The molecule has 2 rings (SSSR count). The quantitative estimate of drug-likeness (QED) is 0.775. The Hall–Kier alpha value is -2.77. The van der Waals surface area contributed by atoms with Gasteiger partial charge in [-0.05, 0) is 6.07 Å². The molecule has 0 aliphatic carbocycles. The van der Waals surface area contributed by atoms with Crippen molar-refractivity contribution in [1.82, 2.24) is 25.3 Å². The summed E-state index contributed by atoms with van der Waals surface area (Å²) < 4.78 is 1.47. The van der Waals surface area contributed by atoms with E-state index in [1.54, 1.807) is 18.5 Å². The Bertz CT molecular complexity index is 582. The number of rotatable bonds is 5. The third-order valence-corrected chi connectivity index (χ3v) is 2.30. The molecule has 0 spiro atoms. The molecule has 19 heavy (non-hydrogen) atoms. The first-order valence-electron chi connectivity index (χ1n) is 5.48. The molecule has 0 saturated carbocycles. The van der Waals surface area contributed by atoms with Crippen LogP contribution in [-0.4, -0.2) is 43.5 Å². The van der Waals surface area contributed by atoms with Crippen LogP contribution in [0.1, 0.15) is 16.8 Å². The number of hydrogen-bond donors (Lipinski definition) is 2. The summed E-state index contributed by atoms with van der Waals surface area (Å²) in [4.78, 5) is 26.0. The smallest absolute Gasteiger partial charge is 0.305 e. The van der Waals surface area contributed by atoms with E-state index in [-0.39, 0.29) is 18.9 Å². The second kappa shape index (κ2) is 5.71. The number of hydrogen-bond acceptors (Lipinski definition) is 5. The average molecular weight is 261 g/mol. The maximum absolute atomic E-state index is 11.8. The number of aliphatic carboxylic acids is 1. The van der Waals surface area contributed by atoms with Crippen LogP contribution in [0.4, 0.5) is 0 Å². The number of carbonyl (C=O) groups excluding carboxylic acids is 1. The maximum Gasteiger partial charge on any atom is 0.305 e. The molecule has 0 atom stereocenters. The summed E-state index contributed by atoms with van der Waals surface area (Å²) in [5.41, 5.74) is 0.932. The fraction of sp³-hybridized carbons (Fsp3) is 0.182. The maximum atomic E-state index is 11.8. The van der Waals surface area contributed by atoms with Crippen LogP contribution in [0.2, 0.25) is 0 Å². The summed E-state index contributed by atoms with van der Waals surface area (Å²) in [5, 5.41) is 18.4. The molecule has 2 aromatic rings. The molecule has 0 saturated heterocycles. The van der Waals surface area contributed by atoms with Gasteiger partial charge in [0.2, 0.25) is 0 Å². The largest absolute Gasteiger partial charge is 0.481 e. The highest BCUT2D eigenvalue weighted by atomic mass is 16.4. The fourth-order valence-electron chi connectivity index (χ4n) is 1.41. The molecule has 0 aliphatic heterocycles. The van der Waals surface area contributed by atoms with Crippen molar-refractivity contribution in [3.05, 3.63) is 36.4 Å². The highest BCUT2D eigenvalue weighted by Crippen LogP contribution is 2.06. The molecular weight excluding hydrogens is 250 g/mol. The van der Waals surface area contributed by atoms with E-state index < -0.39 is 5.97 Å². The van der Waals surface area contributed by atoms with Gasteiger partial charge in [0.1, 0.15) is 0 Å². The molecule has 0 aromatic carbocycles. The summed E-state index contributed by atoms with van der Waals surface area (Å²) in [6.45, 7) is 0.0712. The van der Waals surface area contributed by atoms with E-state index in [1.807, 2.05) is 0 Å². The SMILES string of the molecule is O=C(O)CCNC(=O)c1cncc(-n2ccnn2)c1. The van der Waals surface area contributed by atoms with Crippen molar-refractivity contribution < 1.29 is 14.7 Å². The molecule has 2 N–H and O–H groups in total. The number of aromatic nitrogens is 4. The monoisotopic (exact) mass is 261 g/mol. The highest BCUT2D eigenvalue weighted by molar-refractivity contribution is 5.94. The van der Waals surface area contributed by atoms with Gasteiger partial charge in [-0.1, -0.05) is 5.21 Å². The number of carboxylic acid groups (broad SMARTS) is 1. The Morgan fingerprint density at radius 2 is 2.21 bits per heavy atom. The van der Waals surface area contributed by atoms with Gasteiger partial charge in [0.05, 0.1) is 36.3 Å². The normalized spacial score (nSPS) is 10.1. The van der Waals surface area contributed by atoms with Crippen LogP contribution in [0.5, 0.6) is 0 Å². The third kappa shape index (κ3) is 3.35. The zero-order chi connectivity index (χ0) is 13.7. The second-order valence-electron chi connectivity index (χ2n) is 3.68. The summed E-state index contributed by atoms with van der Waals surface area (Å²) in [5.74, 6) is -1.34. The van der Waals surface area contributed by atoms with Crippen LogP contribution in [0, 0.1) is 0 Å². The van der Waals surface area contributed by atoms with Crippen LogP contribution in [-0.2, 0) is 4.79 Å². The van der Waals surface area contributed by atoms with Crippen molar-refractivity contribution in [2.75, 3.05) is 6.54 Å². The Balaban J connectivity index is 2.06. The number of carboxylic acids is 1. The van der Waals surface area contributed by atoms with E-state index >= 15 is 0 Å². The molecule has 0 bridgehead atoms. The standard InChI is InChI=1S/C11H11N5O3/c17-10(18)1-2-13-11(19)8-5-9(7-12-6-8)16-4-3-14-15-16/h3-7H,1-2H2,(H,13,19)(H,17,18). The molecule has 98 valence electrons. The number of nitrogens with zero attached hydrogens (tertiary/aromatic N) is 4. The van der Waals surface area contributed by atoms with Crippen molar-refractivity contribution in [3.63, 3.8) is 0 Å². The van der Waals surface area contributed by atoms with Gasteiger partial charge in [0.15, 0.2) is 0 Å². The van der Waals surface area contributed by atoms with E-state index in [0.717, 1.165) is 0 Å². The van der Waals surface area contributed by atoms with E-state index in [4.69, 9.17) is 5.11 Å². The van der Waals surface area contributed by atoms with Gasteiger partial charge < -0.3 is 10.4 Å². The molecule has 0 aliphatic rings.